The topological polar surface area (TPSA) is 149 Å². The molecule has 2 heterocycles. The monoisotopic (exact) mass is 495 g/mol. The molecule has 2 aromatic heterocycles. The normalized spacial score (nSPS) is 11.8. The minimum absolute atomic E-state index is 0.00432. The van der Waals surface area contributed by atoms with Gasteiger partial charge >= 0.3 is 11.9 Å². The van der Waals surface area contributed by atoms with Gasteiger partial charge < -0.3 is 25.5 Å². The van der Waals surface area contributed by atoms with Crippen LogP contribution in [0.2, 0.25) is 0 Å². The van der Waals surface area contributed by atoms with E-state index in [2.05, 4.69) is 20.3 Å². The second-order valence-corrected chi connectivity index (χ2v) is 8.37. The molecule has 192 valence electrons. The number of aromatic amines is 1. The highest BCUT2D eigenvalue weighted by Crippen LogP contribution is 2.23. The van der Waals surface area contributed by atoms with Gasteiger partial charge in [-0.25, -0.2) is 14.8 Å². The summed E-state index contributed by atoms with van der Waals surface area (Å²) in [6.45, 7) is 5.63. The molecule has 10 heteroatoms. The van der Waals surface area contributed by atoms with Crippen LogP contribution in [0.15, 0.2) is 30.5 Å². The van der Waals surface area contributed by atoms with Gasteiger partial charge in [-0.15, -0.1) is 0 Å². The summed E-state index contributed by atoms with van der Waals surface area (Å²) in [5.41, 5.74) is 9.40. The summed E-state index contributed by atoms with van der Waals surface area (Å²) in [7, 11) is 0. The van der Waals surface area contributed by atoms with Gasteiger partial charge in [0.2, 0.25) is 0 Å². The molecule has 0 saturated heterocycles. The summed E-state index contributed by atoms with van der Waals surface area (Å²) >= 11 is 0. The van der Waals surface area contributed by atoms with Gasteiger partial charge in [0.05, 0.1) is 18.6 Å². The van der Waals surface area contributed by atoms with Crippen molar-refractivity contribution in [1.29, 1.82) is 0 Å². The number of ether oxygens (including phenoxy) is 2. The predicted octanol–water partition coefficient (Wildman–Crippen LogP) is 3.03. The largest absolute Gasteiger partial charge is 0.466 e. The van der Waals surface area contributed by atoms with Crippen molar-refractivity contribution in [3.05, 3.63) is 53.0 Å². The summed E-state index contributed by atoms with van der Waals surface area (Å²) in [6, 6.07) is 6.29. The Balaban J connectivity index is 1.56. The summed E-state index contributed by atoms with van der Waals surface area (Å²) < 4.78 is 9.95. The highest BCUT2D eigenvalue weighted by Gasteiger charge is 2.24. The lowest BCUT2D eigenvalue weighted by atomic mass is 10.0. The number of hydrogen-bond acceptors (Lipinski definition) is 8. The average Bonchev–Trinajstić information content (AvgIpc) is 3.25. The number of hydrogen-bond donors (Lipinski definition) is 3. The highest BCUT2D eigenvalue weighted by molar-refractivity contribution is 5.97. The van der Waals surface area contributed by atoms with Crippen molar-refractivity contribution in [2.75, 3.05) is 18.9 Å². The van der Waals surface area contributed by atoms with E-state index in [0.29, 0.717) is 17.2 Å². The number of aryl methyl sites for hydroxylation is 3. The third kappa shape index (κ3) is 7.03. The fraction of sp³-hybridized carbons (Fsp3) is 0.423. The lowest BCUT2D eigenvalue weighted by molar-refractivity contribution is -0.146. The first-order valence-corrected chi connectivity index (χ1v) is 12.1. The molecule has 0 radical (unpaired) electrons. The number of carbonyl (C=O) groups excluding carboxylic acids is 3. The number of benzene rings is 1. The van der Waals surface area contributed by atoms with Crippen molar-refractivity contribution < 1.29 is 23.9 Å². The maximum Gasteiger partial charge on any atom is 0.328 e. The van der Waals surface area contributed by atoms with Crippen LogP contribution in [0.3, 0.4) is 0 Å². The molecule has 3 rings (SSSR count). The van der Waals surface area contributed by atoms with Gasteiger partial charge in [-0.1, -0.05) is 12.1 Å². The third-order valence-corrected chi connectivity index (χ3v) is 5.70. The van der Waals surface area contributed by atoms with E-state index in [-0.39, 0.29) is 26.1 Å². The van der Waals surface area contributed by atoms with E-state index in [0.717, 1.165) is 41.4 Å². The molecule has 4 N–H and O–H groups in total. The number of esters is 2. The lowest BCUT2D eigenvalue weighted by Gasteiger charge is -2.17. The minimum Gasteiger partial charge on any atom is -0.466 e. The van der Waals surface area contributed by atoms with Gasteiger partial charge in [0.15, 0.2) is 0 Å². The molecular formula is C26H33N5O5. The van der Waals surface area contributed by atoms with Crippen LogP contribution >= 0.6 is 0 Å². The van der Waals surface area contributed by atoms with E-state index in [9.17, 15) is 14.4 Å². The van der Waals surface area contributed by atoms with Gasteiger partial charge in [-0.05, 0) is 69.7 Å². The van der Waals surface area contributed by atoms with Crippen LogP contribution in [0.1, 0.15) is 60.4 Å². The number of H-pyrrole nitrogens is 1. The number of nitrogens with zero attached hydrogens (tertiary/aromatic N) is 2. The number of nitrogen functional groups attached to an aromatic ring is 1. The molecule has 36 heavy (non-hydrogen) atoms. The average molecular weight is 496 g/mol. The Hall–Kier alpha value is -3.95. The number of rotatable bonds is 12. The molecule has 1 atom stereocenters. The Morgan fingerprint density at radius 3 is 2.47 bits per heavy atom. The second kappa shape index (κ2) is 12.7. The molecule has 3 aromatic rings. The van der Waals surface area contributed by atoms with Gasteiger partial charge in [-0.2, -0.15) is 0 Å². The van der Waals surface area contributed by atoms with E-state index in [1.54, 1.807) is 32.9 Å². The number of nitrogens with two attached hydrogens (primary N) is 1. The van der Waals surface area contributed by atoms with Crippen LogP contribution in [-0.4, -0.2) is 52.1 Å². The first-order chi connectivity index (χ1) is 17.3. The number of carbonyl (C=O) groups is 3. The molecule has 0 aliphatic carbocycles. The summed E-state index contributed by atoms with van der Waals surface area (Å²) in [4.78, 5) is 48.5. The smallest absolute Gasteiger partial charge is 0.328 e. The third-order valence-electron chi connectivity index (χ3n) is 5.70. The molecule has 0 aliphatic heterocycles. The number of amides is 1. The van der Waals surface area contributed by atoms with Crippen LogP contribution in [-0.2, 0) is 31.9 Å². The lowest BCUT2D eigenvalue weighted by Crippen LogP contribution is -2.42. The molecular weight excluding hydrogens is 462 g/mol. The minimum atomic E-state index is -0.932. The van der Waals surface area contributed by atoms with Crippen LogP contribution < -0.4 is 11.1 Å². The van der Waals surface area contributed by atoms with Gasteiger partial charge in [0.25, 0.3) is 5.91 Å². The molecule has 10 nitrogen and oxygen atoms in total. The van der Waals surface area contributed by atoms with Gasteiger partial charge in [-0.3, -0.25) is 9.59 Å². The molecule has 0 unspecified atom stereocenters. The summed E-state index contributed by atoms with van der Waals surface area (Å²) in [5, 5.41) is 3.54. The maximum atomic E-state index is 12.7. The van der Waals surface area contributed by atoms with E-state index in [4.69, 9.17) is 15.2 Å². The summed E-state index contributed by atoms with van der Waals surface area (Å²) in [5.74, 6) is -0.306. The van der Waals surface area contributed by atoms with Crippen molar-refractivity contribution in [1.82, 2.24) is 20.3 Å². The molecule has 1 aromatic carbocycles. The Bertz CT molecular complexity index is 1210. The van der Waals surface area contributed by atoms with Crippen molar-refractivity contribution in [2.24, 2.45) is 0 Å². The van der Waals surface area contributed by atoms with Crippen molar-refractivity contribution >= 4 is 34.7 Å². The fourth-order valence-electron chi connectivity index (χ4n) is 3.97. The molecule has 0 saturated carbocycles. The zero-order valence-electron chi connectivity index (χ0n) is 20.9. The number of anilines is 1. The fourth-order valence-corrected chi connectivity index (χ4v) is 3.97. The standard InChI is InChI=1S/C26H33N5O5/c1-4-35-21(32)14-13-20(26(34)36-5-2)31-25(33)18-11-9-17(10-12-18)7-6-8-19-15-28-24-22(19)23(27)29-16(3)30-24/h9-12,15,20H,4-8,13-14H2,1-3H3,(H,31,33)(H3,27,28,29,30)/t20-/m1/s1. The van der Waals surface area contributed by atoms with E-state index < -0.39 is 23.9 Å². The zero-order valence-corrected chi connectivity index (χ0v) is 20.9. The SMILES string of the molecule is CCOC(=O)CC[C@@H](NC(=O)c1ccc(CCCc2c[nH]c3nc(C)nc(N)c23)cc1)C(=O)OCC. The van der Waals surface area contributed by atoms with Crippen LogP contribution in [0.5, 0.6) is 0 Å². The van der Waals surface area contributed by atoms with Gasteiger partial charge in [0, 0.05) is 18.2 Å². The highest BCUT2D eigenvalue weighted by atomic mass is 16.5. The number of fused-ring (bicyclic) bond motifs is 1. The Morgan fingerprint density at radius 2 is 1.78 bits per heavy atom. The first kappa shape index (κ1) is 26.7. The Kier molecular flexibility index (Phi) is 9.38. The Morgan fingerprint density at radius 1 is 1.06 bits per heavy atom. The van der Waals surface area contributed by atoms with E-state index in [1.165, 1.54) is 0 Å². The molecule has 1 amide bonds. The zero-order chi connectivity index (χ0) is 26.1. The molecule has 0 bridgehead atoms. The molecule has 0 aliphatic rings. The Labute approximate surface area is 210 Å². The van der Waals surface area contributed by atoms with Crippen LogP contribution in [0.25, 0.3) is 11.0 Å². The number of aromatic nitrogens is 3. The quantitative estimate of drug-likeness (QED) is 0.325. The van der Waals surface area contributed by atoms with E-state index >= 15 is 0 Å². The first-order valence-electron chi connectivity index (χ1n) is 12.1. The number of nitrogens with one attached hydrogen (secondary N) is 2. The maximum absolute atomic E-state index is 12.7. The van der Waals surface area contributed by atoms with Crippen molar-refractivity contribution in [3.63, 3.8) is 0 Å². The summed E-state index contributed by atoms with van der Waals surface area (Å²) in [6.07, 6.45) is 4.52. The predicted molar refractivity (Wildman–Crippen MR) is 135 cm³/mol. The second-order valence-electron chi connectivity index (χ2n) is 8.37. The molecule has 0 fully saturated rings. The van der Waals surface area contributed by atoms with Crippen molar-refractivity contribution in [3.8, 4) is 0 Å². The van der Waals surface area contributed by atoms with Crippen LogP contribution in [0.4, 0.5) is 5.82 Å². The van der Waals surface area contributed by atoms with E-state index in [1.807, 2.05) is 18.3 Å². The molecule has 0 spiro atoms. The van der Waals surface area contributed by atoms with Gasteiger partial charge in [0.1, 0.15) is 23.3 Å². The van der Waals surface area contributed by atoms with Crippen molar-refractivity contribution in [2.45, 2.75) is 58.9 Å². The van der Waals surface area contributed by atoms with Crippen LogP contribution in [0, 0.1) is 6.92 Å².